The van der Waals surface area contributed by atoms with Crippen LogP contribution in [-0.2, 0) is 20.7 Å². The van der Waals surface area contributed by atoms with E-state index in [1.807, 2.05) is 12.1 Å². The third-order valence-corrected chi connectivity index (χ3v) is 4.44. The average molecular weight is 369 g/mol. The van der Waals surface area contributed by atoms with Gasteiger partial charge in [-0.05, 0) is 31.9 Å². The van der Waals surface area contributed by atoms with Gasteiger partial charge in [-0.2, -0.15) is 0 Å². The van der Waals surface area contributed by atoms with Crippen molar-refractivity contribution < 1.29 is 14.3 Å². The molecule has 2 aromatic rings. The minimum atomic E-state index is -0.882. The van der Waals surface area contributed by atoms with E-state index in [1.165, 1.54) is 6.92 Å². The fraction of sp³-hybridized carbons (Fsp3) is 0.400. The number of amides is 1. The maximum atomic E-state index is 12.8. The summed E-state index contributed by atoms with van der Waals surface area (Å²) >= 11 is 0. The summed E-state index contributed by atoms with van der Waals surface area (Å²) < 4.78 is 6.87. The molecular formula is C20H23N3O4. The van der Waals surface area contributed by atoms with Gasteiger partial charge in [0.25, 0.3) is 11.5 Å². The fourth-order valence-electron chi connectivity index (χ4n) is 2.92. The summed E-state index contributed by atoms with van der Waals surface area (Å²) in [6, 6.07) is 7.37. The van der Waals surface area contributed by atoms with Crippen LogP contribution in [0.1, 0.15) is 38.1 Å². The molecule has 1 fully saturated rings. The van der Waals surface area contributed by atoms with E-state index in [0.29, 0.717) is 23.3 Å². The molecule has 1 N–H and O–H groups in total. The second kappa shape index (κ2) is 8.16. The van der Waals surface area contributed by atoms with E-state index < -0.39 is 12.1 Å². The van der Waals surface area contributed by atoms with E-state index in [0.717, 1.165) is 12.8 Å². The smallest absolute Gasteiger partial charge is 0.307 e. The van der Waals surface area contributed by atoms with Gasteiger partial charge in [-0.1, -0.05) is 18.2 Å². The Kier molecular flexibility index (Phi) is 5.69. The van der Waals surface area contributed by atoms with Crippen molar-refractivity contribution in [1.82, 2.24) is 14.9 Å². The minimum absolute atomic E-state index is 0.0522. The van der Waals surface area contributed by atoms with Gasteiger partial charge in [-0.25, -0.2) is 4.98 Å². The van der Waals surface area contributed by atoms with Gasteiger partial charge in [-0.15, -0.1) is 6.58 Å². The zero-order chi connectivity index (χ0) is 19.4. The van der Waals surface area contributed by atoms with E-state index in [4.69, 9.17) is 4.74 Å². The van der Waals surface area contributed by atoms with Gasteiger partial charge in [0.05, 0.1) is 17.3 Å². The minimum Gasteiger partial charge on any atom is -0.453 e. The quantitative estimate of drug-likeness (QED) is 0.567. The van der Waals surface area contributed by atoms with Crippen LogP contribution in [0.4, 0.5) is 0 Å². The number of para-hydroxylation sites is 1. The lowest BCUT2D eigenvalue weighted by Gasteiger charge is -2.14. The standard InChI is InChI=1S/C20H23N3O4/c1-3-12-21-19(25)13(2)27-18(24)11-10-17-22-16-7-5-4-6-15(16)20(26)23(17)14-8-9-14/h3-7,13-14H,1,8-12H2,2H3,(H,21,25). The van der Waals surface area contributed by atoms with Crippen LogP contribution in [0.25, 0.3) is 10.9 Å². The first-order valence-electron chi connectivity index (χ1n) is 9.09. The third-order valence-electron chi connectivity index (χ3n) is 4.44. The molecule has 1 amide bonds. The van der Waals surface area contributed by atoms with E-state index in [-0.39, 0.29) is 30.3 Å². The van der Waals surface area contributed by atoms with E-state index in [2.05, 4.69) is 16.9 Å². The predicted molar refractivity (Wildman–Crippen MR) is 101 cm³/mol. The molecule has 7 heteroatoms. The van der Waals surface area contributed by atoms with E-state index in [9.17, 15) is 14.4 Å². The Balaban J connectivity index is 1.70. The average Bonchev–Trinajstić information content (AvgIpc) is 3.49. The molecule has 0 bridgehead atoms. The number of hydrogen-bond donors (Lipinski definition) is 1. The highest BCUT2D eigenvalue weighted by atomic mass is 16.5. The van der Waals surface area contributed by atoms with Crippen LogP contribution >= 0.6 is 0 Å². The Morgan fingerprint density at radius 1 is 1.41 bits per heavy atom. The van der Waals surface area contributed by atoms with Gasteiger partial charge in [-0.3, -0.25) is 19.0 Å². The first-order valence-corrected chi connectivity index (χ1v) is 9.09. The first-order chi connectivity index (χ1) is 13.0. The molecule has 0 aliphatic heterocycles. The molecule has 0 saturated heterocycles. The van der Waals surface area contributed by atoms with Crippen molar-refractivity contribution in [3.8, 4) is 0 Å². The number of benzene rings is 1. The van der Waals surface area contributed by atoms with Crippen LogP contribution in [0.5, 0.6) is 0 Å². The van der Waals surface area contributed by atoms with Crippen molar-refractivity contribution >= 4 is 22.8 Å². The van der Waals surface area contributed by atoms with Crippen molar-refractivity contribution in [2.24, 2.45) is 0 Å². The van der Waals surface area contributed by atoms with Gasteiger partial charge in [0.2, 0.25) is 0 Å². The number of aromatic nitrogens is 2. The zero-order valence-corrected chi connectivity index (χ0v) is 15.3. The molecule has 7 nitrogen and oxygen atoms in total. The van der Waals surface area contributed by atoms with Crippen LogP contribution in [0, 0.1) is 0 Å². The number of nitrogens with one attached hydrogen (secondary N) is 1. The van der Waals surface area contributed by atoms with Crippen molar-refractivity contribution in [2.75, 3.05) is 6.54 Å². The Labute approximate surface area is 157 Å². The molecule has 3 rings (SSSR count). The van der Waals surface area contributed by atoms with Crippen molar-refractivity contribution in [1.29, 1.82) is 0 Å². The Hall–Kier alpha value is -2.96. The highest BCUT2D eigenvalue weighted by Crippen LogP contribution is 2.34. The lowest BCUT2D eigenvalue weighted by molar-refractivity contribution is -0.154. The molecule has 1 aliphatic carbocycles. The fourth-order valence-corrected chi connectivity index (χ4v) is 2.92. The maximum Gasteiger partial charge on any atom is 0.307 e. The van der Waals surface area contributed by atoms with E-state index >= 15 is 0 Å². The molecule has 1 heterocycles. The van der Waals surface area contributed by atoms with Crippen molar-refractivity contribution in [3.63, 3.8) is 0 Å². The second-order valence-corrected chi connectivity index (χ2v) is 6.62. The molecule has 27 heavy (non-hydrogen) atoms. The Bertz CT molecular complexity index is 930. The molecule has 1 saturated carbocycles. The number of aryl methyl sites for hydroxylation is 1. The van der Waals surface area contributed by atoms with Crippen LogP contribution in [0.2, 0.25) is 0 Å². The topological polar surface area (TPSA) is 90.3 Å². The van der Waals surface area contributed by atoms with Crippen LogP contribution in [-0.4, -0.2) is 34.1 Å². The summed E-state index contributed by atoms with van der Waals surface area (Å²) in [5.41, 5.74) is 0.559. The number of carbonyl (C=O) groups excluding carboxylic acids is 2. The first kappa shape index (κ1) is 18.8. The third kappa shape index (κ3) is 4.42. The lowest BCUT2D eigenvalue weighted by Crippen LogP contribution is -2.36. The lowest BCUT2D eigenvalue weighted by atomic mass is 10.2. The number of rotatable bonds is 8. The van der Waals surface area contributed by atoms with Gasteiger partial charge in [0, 0.05) is 19.0 Å². The van der Waals surface area contributed by atoms with Gasteiger partial charge in [0.15, 0.2) is 6.10 Å². The SMILES string of the molecule is C=CCNC(=O)C(C)OC(=O)CCc1nc2ccccc2c(=O)n1C1CC1. The Morgan fingerprint density at radius 2 is 2.15 bits per heavy atom. The van der Waals surface area contributed by atoms with Gasteiger partial charge < -0.3 is 10.1 Å². The monoisotopic (exact) mass is 369 g/mol. The highest BCUT2D eigenvalue weighted by Gasteiger charge is 2.28. The molecule has 1 unspecified atom stereocenters. The summed E-state index contributed by atoms with van der Waals surface area (Å²) in [5, 5.41) is 3.17. The summed E-state index contributed by atoms with van der Waals surface area (Å²) in [6.07, 6.45) is 2.89. The largest absolute Gasteiger partial charge is 0.453 e. The zero-order valence-electron chi connectivity index (χ0n) is 15.3. The van der Waals surface area contributed by atoms with Gasteiger partial charge >= 0.3 is 5.97 Å². The molecular weight excluding hydrogens is 346 g/mol. The number of nitrogens with zero attached hydrogens (tertiary/aromatic N) is 2. The number of fused-ring (bicyclic) bond motifs is 1. The van der Waals surface area contributed by atoms with Crippen molar-refractivity contribution in [2.45, 2.75) is 44.8 Å². The van der Waals surface area contributed by atoms with E-state index in [1.54, 1.807) is 22.8 Å². The predicted octanol–water partition coefficient (Wildman–Crippen LogP) is 1.90. The highest BCUT2D eigenvalue weighted by molar-refractivity contribution is 5.83. The summed E-state index contributed by atoms with van der Waals surface area (Å²) in [6.45, 7) is 5.35. The Morgan fingerprint density at radius 3 is 2.85 bits per heavy atom. The number of esters is 1. The van der Waals surface area contributed by atoms with Crippen molar-refractivity contribution in [3.05, 3.63) is 53.1 Å². The number of hydrogen-bond acceptors (Lipinski definition) is 5. The number of carbonyl (C=O) groups is 2. The molecule has 0 spiro atoms. The summed E-state index contributed by atoms with van der Waals surface area (Å²) in [5.74, 6) is -0.287. The van der Waals surface area contributed by atoms with Gasteiger partial charge in [0.1, 0.15) is 5.82 Å². The molecule has 0 radical (unpaired) electrons. The van der Waals surface area contributed by atoms with Crippen LogP contribution in [0.3, 0.4) is 0 Å². The molecule has 1 aromatic heterocycles. The summed E-state index contributed by atoms with van der Waals surface area (Å²) in [7, 11) is 0. The summed E-state index contributed by atoms with van der Waals surface area (Å²) in [4.78, 5) is 41.3. The number of ether oxygens (including phenoxy) is 1. The van der Waals surface area contributed by atoms with Crippen LogP contribution < -0.4 is 10.9 Å². The second-order valence-electron chi connectivity index (χ2n) is 6.62. The molecule has 1 aliphatic rings. The van der Waals surface area contributed by atoms with Crippen LogP contribution in [0.15, 0.2) is 41.7 Å². The maximum absolute atomic E-state index is 12.8. The molecule has 1 atom stereocenters. The normalized spacial score (nSPS) is 14.6. The molecule has 142 valence electrons. The molecule has 1 aromatic carbocycles.